The van der Waals surface area contributed by atoms with E-state index in [1.165, 1.54) is 0 Å². The average Bonchev–Trinajstić information content (AvgIpc) is 3.45. The number of aromatic nitrogens is 2. The summed E-state index contributed by atoms with van der Waals surface area (Å²) < 4.78 is 14.0. The second kappa shape index (κ2) is 7.92. The highest BCUT2D eigenvalue weighted by Crippen LogP contribution is 2.43. The zero-order chi connectivity index (χ0) is 21.6. The number of carbonyl (C=O) groups excluding carboxylic acids is 1. The Hall–Kier alpha value is -2.44. The minimum Gasteiger partial charge on any atom is -0.310 e. The fourth-order valence-electron chi connectivity index (χ4n) is 4.85. The predicted molar refractivity (Wildman–Crippen MR) is 124 cm³/mol. The highest BCUT2D eigenvalue weighted by molar-refractivity contribution is 7.83. The maximum absolute atomic E-state index is 13.8. The third kappa shape index (κ3) is 3.52. The largest absolute Gasteiger partial charge is 0.310 e. The molecular weight excluding hydrogens is 430 g/mol. The van der Waals surface area contributed by atoms with Crippen LogP contribution in [-0.2, 0) is 32.5 Å². The molecule has 31 heavy (non-hydrogen) atoms. The number of nitrogens with one attached hydrogen (secondary N) is 1. The van der Waals surface area contributed by atoms with E-state index in [0.29, 0.717) is 22.3 Å². The molecule has 2 aromatic carbocycles. The van der Waals surface area contributed by atoms with Crippen molar-refractivity contribution in [1.29, 1.82) is 0 Å². The molecule has 5 nitrogen and oxygen atoms in total. The Kier molecular flexibility index (Phi) is 5.22. The van der Waals surface area contributed by atoms with E-state index in [1.807, 2.05) is 60.1 Å². The van der Waals surface area contributed by atoms with Gasteiger partial charge in [-0.05, 0) is 49.1 Å². The topological polar surface area (TPSA) is 64.0 Å². The number of benzene rings is 2. The third-order valence-electron chi connectivity index (χ3n) is 6.53. The molecule has 1 aliphatic carbocycles. The Balaban J connectivity index is 1.58. The zero-order valence-corrected chi connectivity index (χ0v) is 18.9. The molecule has 0 unspecified atom stereocenters. The number of halogens is 1. The van der Waals surface area contributed by atoms with Crippen LogP contribution in [-0.4, -0.2) is 19.9 Å². The first-order valence-electron chi connectivity index (χ1n) is 10.6. The van der Waals surface area contributed by atoms with E-state index in [9.17, 15) is 9.00 Å². The van der Waals surface area contributed by atoms with E-state index in [1.54, 1.807) is 0 Å². The number of amides is 1. The Morgan fingerprint density at radius 1 is 1.10 bits per heavy atom. The Morgan fingerprint density at radius 2 is 1.81 bits per heavy atom. The van der Waals surface area contributed by atoms with Crippen LogP contribution < -0.4 is 5.32 Å². The van der Waals surface area contributed by atoms with Crippen molar-refractivity contribution in [2.24, 2.45) is 0 Å². The highest BCUT2D eigenvalue weighted by atomic mass is 35.5. The van der Waals surface area contributed by atoms with Gasteiger partial charge < -0.3 is 5.32 Å². The summed E-state index contributed by atoms with van der Waals surface area (Å²) in [4.78, 5) is 13.8. The van der Waals surface area contributed by atoms with Crippen molar-refractivity contribution in [3.05, 3.63) is 75.9 Å². The highest BCUT2D eigenvalue weighted by Gasteiger charge is 2.43. The Bertz CT molecular complexity index is 1180. The van der Waals surface area contributed by atoms with Crippen LogP contribution in [0.1, 0.15) is 48.1 Å². The maximum Gasteiger partial charge on any atom is 0.236 e. The molecule has 1 N–H and O–H groups in total. The molecule has 1 amide bonds. The van der Waals surface area contributed by atoms with Crippen molar-refractivity contribution in [2.75, 3.05) is 5.32 Å². The standard InChI is InChI=1S/C24H24ClN3O2S/c1-16-6-2-3-7-21(16)28-22(19-14-31(30)15-20(19)27-28)26-23(29)24(12-4-5-13-24)17-8-10-18(25)11-9-17/h2-3,6-11H,4-5,12-15H2,1H3,(H,26,29)/t31-/m1/s1. The van der Waals surface area contributed by atoms with E-state index < -0.39 is 16.2 Å². The van der Waals surface area contributed by atoms with Gasteiger partial charge in [0.2, 0.25) is 5.91 Å². The summed E-state index contributed by atoms with van der Waals surface area (Å²) in [7, 11) is -0.976. The molecule has 160 valence electrons. The smallest absolute Gasteiger partial charge is 0.236 e. The molecule has 1 aliphatic heterocycles. The normalized spacial score (nSPS) is 19.4. The minimum absolute atomic E-state index is 0.0254. The summed E-state index contributed by atoms with van der Waals surface area (Å²) in [6.45, 7) is 2.03. The molecule has 5 rings (SSSR count). The maximum atomic E-state index is 13.8. The number of hydrogen-bond acceptors (Lipinski definition) is 3. The van der Waals surface area contributed by atoms with Gasteiger partial charge in [0.15, 0.2) is 0 Å². The summed E-state index contributed by atoms with van der Waals surface area (Å²) in [5, 5.41) is 8.64. The number of fused-ring (bicyclic) bond motifs is 1. The molecule has 0 saturated heterocycles. The zero-order valence-electron chi connectivity index (χ0n) is 17.4. The van der Waals surface area contributed by atoms with E-state index in [-0.39, 0.29) is 5.91 Å². The molecular formula is C24H24ClN3O2S. The molecule has 7 heteroatoms. The van der Waals surface area contributed by atoms with Crippen LogP contribution in [0.5, 0.6) is 0 Å². The lowest BCUT2D eigenvalue weighted by atomic mass is 9.78. The van der Waals surface area contributed by atoms with Gasteiger partial charge in [0.1, 0.15) is 5.82 Å². The quantitative estimate of drug-likeness (QED) is 0.601. The number of carbonyl (C=O) groups is 1. The number of anilines is 1. The molecule has 2 heterocycles. The van der Waals surface area contributed by atoms with Gasteiger partial charge in [0.25, 0.3) is 0 Å². The van der Waals surface area contributed by atoms with Gasteiger partial charge >= 0.3 is 0 Å². The first-order chi connectivity index (χ1) is 15.0. The monoisotopic (exact) mass is 453 g/mol. The molecule has 0 spiro atoms. The van der Waals surface area contributed by atoms with Crippen LogP contribution in [0, 0.1) is 6.92 Å². The molecule has 3 aromatic rings. The lowest BCUT2D eigenvalue weighted by Gasteiger charge is -2.29. The van der Waals surface area contributed by atoms with Crippen molar-refractivity contribution in [2.45, 2.75) is 49.5 Å². The van der Waals surface area contributed by atoms with E-state index in [4.69, 9.17) is 16.7 Å². The van der Waals surface area contributed by atoms with Gasteiger partial charge in [-0.3, -0.25) is 9.00 Å². The fraction of sp³-hybridized carbons (Fsp3) is 0.333. The molecule has 0 bridgehead atoms. The van der Waals surface area contributed by atoms with Crippen molar-refractivity contribution in [1.82, 2.24) is 9.78 Å². The average molecular weight is 454 g/mol. The lowest BCUT2D eigenvalue weighted by molar-refractivity contribution is -0.121. The van der Waals surface area contributed by atoms with E-state index in [2.05, 4.69) is 5.32 Å². The van der Waals surface area contributed by atoms with Crippen molar-refractivity contribution in [3.8, 4) is 5.69 Å². The molecule has 0 radical (unpaired) electrons. The number of para-hydroxylation sites is 1. The first-order valence-corrected chi connectivity index (χ1v) is 12.4. The first kappa shape index (κ1) is 20.5. The number of aryl methyl sites for hydroxylation is 1. The van der Waals surface area contributed by atoms with E-state index in [0.717, 1.165) is 53.8 Å². The number of hydrogen-bond donors (Lipinski definition) is 1. The van der Waals surface area contributed by atoms with Crippen LogP contribution in [0.2, 0.25) is 5.02 Å². The van der Waals surface area contributed by atoms with Crippen LogP contribution in [0.3, 0.4) is 0 Å². The van der Waals surface area contributed by atoms with Crippen LogP contribution in [0.15, 0.2) is 48.5 Å². The van der Waals surface area contributed by atoms with Gasteiger partial charge in [-0.15, -0.1) is 0 Å². The van der Waals surface area contributed by atoms with Crippen molar-refractivity contribution in [3.63, 3.8) is 0 Å². The second-order valence-corrected chi connectivity index (χ2v) is 10.3. The van der Waals surface area contributed by atoms with Crippen LogP contribution in [0.4, 0.5) is 5.82 Å². The summed E-state index contributed by atoms with van der Waals surface area (Å²) in [5.41, 5.74) is 4.09. The molecule has 1 saturated carbocycles. The van der Waals surface area contributed by atoms with Gasteiger partial charge in [-0.2, -0.15) is 5.10 Å². The second-order valence-electron chi connectivity index (χ2n) is 8.45. The van der Waals surface area contributed by atoms with Crippen molar-refractivity contribution >= 4 is 34.1 Å². The third-order valence-corrected chi connectivity index (χ3v) is 7.99. The summed E-state index contributed by atoms with van der Waals surface area (Å²) in [6.07, 6.45) is 3.62. The summed E-state index contributed by atoms with van der Waals surface area (Å²) in [5.74, 6) is 1.48. The summed E-state index contributed by atoms with van der Waals surface area (Å²) in [6, 6.07) is 15.6. The van der Waals surface area contributed by atoms with Crippen LogP contribution >= 0.6 is 11.6 Å². The van der Waals surface area contributed by atoms with Gasteiger partial charge in [0, 0.05) is 21.4 Å². The van der Waals surface area contributed by atoms with Gasteiger partial charge in [0.05, 0.1) is 28.3 Å². The van der Waals surface area contributed by atoms with E-state index >= 15 is 0 Å². The number of nitrogens with zero attached hydrogens (tertiary/aromatic N) is 2. The fourth-order valence-corrected chi connectivity index (χ4v) is 6.24. The van der Waals surface area contributed by atoms with Crippen LogP contribution in [0.25, 0.3) is 5.69 Å². The minimum atomic E-state index is -0.976. The Morgan fingerprint density at radius 3 is 2.52 bits per heavy atom. The van der Waals surface area contributed by atoms with Gasteiger partial charge in [-0.1, -0.05) is 54.8 Å². The lowest BCUT2D eigenvalue weighted by Crippen LogP contribution is -2.38. The molecule has 1 atom stereocenters. The Labute approximate surface area is 189 Å². The summed E-state index contributed by atoms with van der Waals surface area (Å²) >= 11 is 6.10. The molecule has 2 aliphatic rings. The van der Waals surface area contributed by atoms with Crippen molar-refractivity contribution < 1.29 is 9.00 Å². The predicted octanol–water partition coefficient (Wildman–Crippen LogP) is 5.05. The molecule has 1 aromatic heterocycles. The van der Waals surface area contributed by atoms with Gasteiger partial charge in [-0.25, -0.2) is 4.68 Å². The molecule has 1 fully saturated rings. The number of rotatable bonds is 4. The SMILES string of the molecule is Cc1ccccc1-n1nc2c(c1NC(=O)C1(c3ccc(Cl)cc3)CCCC1)C[S@@](=O)C2.